The Morgan fingerprint density at radius 2 is 2.36 bits per heavy atom. The van der Waals surface area contributed by atoms with Crippen LogP contribution in [0.4, 0.5) is 0 Å². The van der Waals surface area contributed by atoms with Gasteiger partial charge in [0.2, 0.25) is 0 Å². The van der Waals surface area contributed by atoms with Crippen LogP contribution in [0, 0.1) is 0 Å². The average molecular weight is 190 g/mol. The number of rotatable bonds is 5. The zero-order valence-corrected chi connectivity index (χ0v) is 8.28. The molecule has 4 heteroatoms. The monoisotopic (exact) mass is 190 g/mol. The van der Waals surface area contributed by atoms with Gasteiger partial charge in [0.15, 0.2) is 0 Å². The summed E-state index contributed by atoms with van der Waals surface area (Å²) in [5.74, 6) is 2.23. The standard InChI is InChI=1S/C7H14N2S2/c1-8-2-3-11-6-9-4-7(10)5-9/h7,10H,1-6H2. The lowest BCUT2D eigenvalue weighted by Gasteiger charge is -2.35. The van der Waals surface area contributed by atoms with E-state index in [9.17, 15) is 0 Å². The summed E-state index contributed by atoms with van der Waals surface area (Å²) in [5.41, 5.74) is 0. The van der Waals surface area contributed by atoms with E-state index in [0.29, 0.717) is 5.25 Å². The van der Waals surface area contributed by atoms with E-state index >= 15 is 0 Å². The molecule has 0 spiro atoms. The zero-order chi connectivity index (χ0) is 8.10. The van der Waals surface area contributed by atoms with E-state index in [1.807, 2.05) is 11.8 Å². The van der Waals surface area contributed by atoms with Gasteiger partial charge in [0.25, 0.3) is 0 Å². The van der Waals surface area contributed by atoms with Gasteiger partial charge in [-0.2, -0.15) is 12.6 Å². The van der Waals surface area contributed by atoms with Crippen molar-refractivity contribution >= 4 is 31.1 Å². The van der Waals surface area contributed by atoms with Crippen LogP contribution < -0.4 is 0 Å². The lowest BCUT2D eigenvalue weighted by molar-refractivity contribution is 0.229. The highest BCUT2D eigenvalue weighted by Gasteiger charge is 2.22. The van der Waals surface area contributed by atoms with Crippen molar-refractivity contribution in [3.8, 4) is 0 Å². The summed E-state index contributed by atoms with van der Waals surface area (Å²) < 4.78 is 0. The fourth-order valence-electron chi connectivity index (χ4n) is 0.971. The molecule has 0 saturated carbocycles. The lowest BCUT2D eigenvalue weighted by Crippen LogP contribution is -2.47. The van der Waals surface area contributed by atoms with Gasteiger partial charge in [0, 0.05) is 36.5 Å². The third kappa shape index (κ3) is 3.49. The van der Waals surface area contributed by atoms with Crippen LogP contribution in [-0.2, 0) is 0 Å². The summed E-state index contributed by atoms with van der Waals surface area (Å²) >= 11 is 6.25. The van der Waals surface area contributed by atoms with Gasteiger partial charge in [-0.3, -0.25) is 4.90 Å². The van der Waals surface area contributed by atoms with Crippen molar-refractivity contribution in [1.82, 2.24) is 4.90 Å². The molecule has 0 aromatic carbocycles. The SMILES string of the molecule is C=NCCSCN1CC(S)C1. The number of thioether (sulfide) groups is 1. The molecule has 11 heavy (non-hydrogen) atoms. The second kappa shape index (κ2) is 5.06. The van der Waals surface area contributed by atoms with E-state index in [-0.39, 0.29) is 0 Å². The molecular formula is C7H14N2S2. The summed E-state index contributed by atoms with van der Waals surface area (Å²) in [5, 5.41) is 0.619. The first-order valence-electron chi connectivity index (χ1n) is 3.73. The van der Waals surface area contributed by atoms with Gasteiger partial charge >= 0.3 is 0 Å². The molecule has 64 valence electrons. The predicted octanol–water partition coefficient (Wildman–Crippen LogP) is 0.992. The molecule has 0 amide bonds. The Morgan fingerprint density at radius 1 is 1.64 bits per heavy atom. The molecule has 0 N–H and O–H groups in total. The molecule has 0 bridgehead atoms. The van der Waals surface area contributed by atoms with Gasteiger partial charge in [0.05, 0.1) is 0 Å². The number of aliphatic imine (C=N–C) groups is 1. The third-order valence-corrected chi connectivity index (χ3v) is 2.95. The van der Waals surface area contributed by atoms with Gasteiger partial charge in [-0.15, -0.1) is 11.8 Å². The van der Waals surface area contributed by atoms with Gasteiger partial charge in [-0.1, -0.05) is 0 Å². The van der Waals surface area contributed by atoms with Gasteiger partial charge < -0.3 is 4.99 Å². The van der Waals surface area contributed by atoms with Gasteiger partial charge in [-0.05, 0) is 6.72 Å². The fraction of sp³-hybridized carbons (Fsp3) is 0.857. The molecule has 1 rings (SSSR count). The van der Waals surface area contributed by atoms with Gasteiger partial charge in [-0.25, -0.2) is 0 Å². The van der Waals surface area contributed by atoms with Crippen molar-refractivity contribution < 1.29 is 0 Å². The minimum absolute atomic E-state index is 0.619. The van der Waals surface area contributed by atoms with E-state index in [1.165, 1.54) is 0 Å². The highest BCUT2D eigenvalue weighted by molar-refractivity contribution is 7.99. The van der Waals surface area contributed by atoms with Crippen molar-refractivity contribution in [2.24, 2.45) is 4.99 Å². The Kier molecular flexibility index (Phi) is 4.33. The Bertz CT molecular complexity index is 124. The van der Waals surface area contributed by atoms with Crippen molar-refractivity contribution in [1.29, 1.82) is 0 Å². The van der Waals surface area contributed by atoms with Gasteiger partial charge in [0.1, 0.15) is 0 Å². The predicted molar refractivity (Wildman–Crippen MR) is 56.1 cm³/mol. The topological polar surface area (TPSA) is 15.6 Å². The molecule has 0 atom stereocenters. The first kappa shape index (κ1) is 9.42. The van der Waals surface area contributed by atoms with E-state index in [0.717, 1.165) is 31.3 Å². The molecule has 1 fully saturated rings. The van der Waals surface area contributed by atoms with Crippen molar-refractivity contribution in [3.63, 3.8) is 0 Å². The first-order chi connectivity index (χ1) is 5.33. The number of thiol groups is 1. The summed E-state index contributed by atoms with van der Waals surface area (Å²) in [6, 6.07) is 0. The zero-order valence-electron chi connectivity index (χ0n) is 6.57. The molecule has 0 aromatic heterocycles. The lowest BCUT2D eigenvalue weighted by atomic mass is 10.2. The van der Waals surface area contributed by atoms with Crippen molar-refractivity contribution in [2.75, 3.05) is 31.3 Å². The number of nitrogens with zero attached hydrogens (tertiary/aromatic N) is 2. The molecule has 0 aliphatic carbocycles. The van der Waals surface area contributed by atoms with E-state index in [4.69, 9.17) is 0 Å². The first-order valence-corrected chi connectivity index (χ1v) is 5.40. The quantitative estimate of drug-likeness (QED) is 0.395. The van der Waals surface area contributed by atoms with Crippen LogP contribution in [0.1, 0.15) is 0 Å². The molecule has 0 aromatic rings. The second-order valence-electron chi connectivity index (χ2n) is 2.67. The third-order valence-electron chi connectivity index (χ3n) is 1.61. The largest absolute Gasteiger partial charge is 0.300 e. The van der Waals surface area contributed by atoms with Crippen LogP contribution in [0.3, 0.4) is 0 Å². The smallest absolute Gasteiger partial charge is 0.0473 e. The number of likely N-dealkylation sites (tertiary alicyclic amines) is 1. The normalized spacial score (nSPS) is 19.7. The highest BCUT2D eigenvalue weighted by Crippen LogP contribution is 2.16. The average Bonchev–Trinajstić information content (AvgIpc) is 1.94. The van der Waals surface area contributed by atoms with Crippen LogP contribution in [0.15, 0.2) is 4.99 Å². The van der Waals surface area contributed by atoms with Crippen molar-refractivity contribution in [3.05, 3.63) is 0 Å². The molecule has 1 saturated heterocycles. The molecule has 1 aliphatic rings. The second-order valence-corrected chi connectivity index (χ2v) is 4.48. The summed E-state index contributed by atoms with van der Waals surface area (Å²) in [6.45, 7) is 6.61. The van der Waals surface area contributed by atoms with Crippen molar-refractivity contribution in [2.45, 2.75) is 5.25 Å². The maximum Gasteiger partial charge on any atom is 0.0473 e. The molecule has 0 radical (unpaired) electrons. The van der Waals surface area contributed by atoms with Crippen LogP contribution >= 0.6 is 24.4 Å². The van der Waals surface area contributed by atoms with Crippen LogP contribution in [0.2, 0.25) is 0 Å². The fourth-order valence-corrected chi connectivity index (χ4v) is 2.29. The van der Waals surface area contributed by atoms with Crippen LogP contribution in [0.25, 0.3) is 0 Å². The summed E-state index contributed by atoms with van der Waals surface area (Å²) in [7, 11) is 0. The maximum atomic E-state index is 4.33. The van der Waals surface area contributed by atoms with Crippen LogP contribution in [0.5, 0.6) is 0 Å². The highest BCUT2D eigenvalue weighted by atomic mass is 32.2. The Labute approximate surface area is 77.9 Å². The van der Waals surface area contributed by atoms with E-state index < -0.39 is 0 Å². The molecule has 2 nitrogen and oxygen atoms in total. The summed E-state index contributed by atoms with van der Waals surface area (Å²) in [4.78, 5) is 6.18. The molecular weight excluding hydrogens is 176 g/mol. The molecule has 1 heterocycles. The molecule has 1 aliphatic heterocycles. The Hall–Kier alpha value is 0.330. The number of hydrogen-bond acceptors (Lipinski definition) is 4. The Morgan fingerprint density at radius 3 is 2.91 bits per heavy atom. The minimum Gasteiger partial charge on any atom is -0.300 e. The summed E-state index contributed by atoms with van der Waals surface area (Å²) in [6.07, 6.45) is 0. The number of hydrogen-bond donors (Lipinski definition) is 1. The van der Waals surface area contributed by atoms with E-state index in [1.54, 1.807) is 0 Å². The van der Waals surface area contributed by atoms with E-state index in [2.05, 4.69) is 29.2 Å². The Balaban J connectivity index is 1.84. The minimum atomic E-state index is 0.619. The maximum absolute atomic E-state index is 4.33. The van der Waals surface area contributed by atoms with Crippen LogP contribution in [-0.4, -0.2) is 48.1 Å². The molecule has 0 unspecified atom stereocenters.